The number of benzene rings is 1. The van der Waals surface area contributed by atoms with Gasteiger partial charge in [0.1, 0.15) is 11.6 Å². The van der Waals surface area contributed by atoms with E-state index in [0.29, 0.717) is 23.3 Å². The van der Waals surface area contributed by atoms with Gasteiger partial charge in [0.05, 0.1) is 23.0 Å². The first kappa shape index (κ1) is 15.2. The molecule has 7 heteroatoms. The topological polar surface area (TPSA) is 57.8 Å². The van der Waals surface area contributed by atoms with E-state index >= 15 is 0 Å². The van der Waals surface area contributed by atoms with Crippen molar-refractivity contribution in [3.05, 3.63) is 47.1 Å². The van der Waals surface area contributed by atoms with E-state index < -0.39 is 0 Å². The number of imidazole rings is 1. The first-order chi connectivity index (χ1) is 11.7. The molecular formula is C17H18ClN5O. The molecule has 0 spiro atoms. The third-order valence-corrected chi connectivity index (χ3v) is 4.47. The van der Waals surface area contributed by atoms with Gasteiger partial charge in [0.25, 0.3) is 0 Å². The highest BCUT2D eigenvalue weighted by Crippen LogP contribution is 2.40. The molecule has 1 aromatic carbocycles. The van der Waals surface area contributed by atoms with Crippen LogP contribution in [0.2, 0.25) is 5.02 Å². The number of hydrogen-bond donors (Lipinski definition) is 0. The van der Waals surface area contributed by atoms with Crippen molar-refractivity contribution in [3.8, 4) is 17.3 Å². The SMILES string of the molecule is CCOc1ccc(-n2nnc(-n3ccnc3C3CC3)c2C)cc1Cl. The van der Waals surface area contributed by atoms with E-state index in [9.17, 15) is 0 Å². The molecule has 1 saturated carbocycles. The summed E-state index contributed by atoms with van der Waals surface area (Å²) in [6, 6.07) is 5.63. The molecule has 0 atom stereocenters. The van der Waals surface area contributed by atoms with Gasteiger partial charge in [-0.25, -0.2) is 9.67 Å². The van der Waals surface area contributed by atoms with Crippen molar-refractivity contribution in [2.24, 2.45) is 0 Å². The number of aromatic nitrogens is 5. The molecule has 0 aliphatic heterocycles. The van der Waals surface area contributed by atoms with Crippen molar-refractivity contribution in [1.29, 1.82) is 0 Å². The molecule has 0 unspecified atom stereocenters. The lowest BCUT2D eigenvalue weighted by atomic mass is 10.3. The second kappa shape index (κ2) is 5.94. The maximum atomic E-state index is 6.29. The summed E-state index contributed by atoms with van der Waals surface area (Å²) in [4.78, 5) is 4.47. The zero-order chi connectivity index (χ0) is 16.7. The molecule has 0 radical (unpaired) electrons. The summed E-state index contributed by atoms with van der Waals surface area (Å²) in [6.45, 7) is 4.51. The Hall–Kier alpha value is -2.34. The van der Waals surface area contributed by atoms with Gasteiger partial charge in [-0.1, -0.05) is 16.8 Å². The molecule has 0 saturated heterocycles. The third kappa shape index (κ3) is 2.57. The average Bonchev–Trinajstić information content (AvgIpc) is 3.18. The predicted molar refractivity (Wildman–Crippen MR) is 91.4 cm³/mol. The van der Waals surface area contributed by atoms with E-state index in [1.165, 1.54) is 12.8 Å². The Labute approximate surface area is 145 Å². The van der Waals surface area contributed by atoms with Crippen LogP contribution in [0, 0.1) is 6.92 Å². The molecule has 124 valence electrons. The van der Waals surface area contributed by atoms with Gasteiger partial charge in [-0.3, -0.25) is 4.57 Å². The highest BCUT2D eigenvalue weighted by molar-refractivity contribution is 6.32. The van der Waals surface area contributed by atoms with Gasteiger partial charge in [-0.15, -0.1) is 5.10 Å². The molecule has 0 amide bonds. The lowest BCUT2D eigenvalue weighted by Gasteiger charge is -2.09. The fraction of sp³-hybridized carbons (Fsp3) is 0.353. The maximum absolute atomic E-state index is 6.29. The van der Waals surface area contributed by atoms with Gasteiger partial charge in [-0.05, 0) is 44.9 Å². The summed E-state index contributed by atoms with van der Waals surface area (Å²) in [5.74, 6) is 3.09. The van der Waals surface area contributed by atoms with Crippen LogP contribution in [-0.4, -0.2) is 31.2 Å². The highest BCUT2D eigenvalue weighted by Gasteiger charge is 2.29. The van der Waals surface area contributed by atoms with Gasteiger partial charge in [0.15, 0.2) is 5.82 Å². The van der Waals surface area contributed by atoms with Gasteiger partial charge < -0.3 is 4.74 Å². The van der Waals surface area contributed by atoms with Crippen LogP contribution in [0.4, 0.5) is 0 Å². The smallest absolute Gasteiger partial charge is 0.184 e. The van der Waals surface area contributed by atoms with E-state index in [1.807, 2.05) is 49.0 Å². The lowest BCUT2D eigenvalue weighted by molar-refractivity contribution is 0.340. The summed E-state index contributed by atoms with van der Waals surface area (Å²) in [6.07, 6.45) is 6.15. The molecule has 24 heavy (non-hydrogen) atoms. The summed E-state index contributed by atoms with van der Waals surface area (Å²) in [5.41, 5.74) is 1.79. The van der Waals surface area contributed by atoms with E-state index in [-0.39, 0.29) is 0 Å². The molecule has 1 aliphatic rings. The maximum Gasteiger partial charge on any atom is 0.184 e. The Morgan fingerprint density at radius 1 is 1.33 bits per heavy atom. The van der Waals surface area contributed by atoms with Crippen molar-refractivity contribution in [1.82, 2.24) is 24.5 Å². The first-order valence-corrected chi connectivity index (χ1v) is 8.45. The minimum Gasteiger partial charge on any atom is -0.492 e. The second-order valence-corrected chi connectivity index (χ2v) is 6.29. The van der Waals surface area contributed by atoms with Crippen molar-refractivity contribution < 1.29 is 4.74 Å². The van der Waals surface area contributed by atoms with Gasteiger partial charge >= 0.3 is 0 Å². The quantitative estimate of drug-likeness (QED) is 0.709. The summed E-state index contributed by atoms with van der Waals surface area (Å²) in [7, 11) is 0. The van der Waals surface area contributed by atoms with Gasteiger partial charge in [0, 0.05) is 18.3 Å². The van der Waals surface area contributed by atoms with Crippen molar-refractivity contribution in [3.63, 3.8) is 0 Å². The van der Waals surface area contributed by atoms with Crippen LogP contribution < -0.4 is 4.74 Å². The molecule has 2 heterocycles. The molecule has 1 aliphatic carbocycles. The Morgan fingerprint density at radius 2 is 2.17 bits per heavy atom. The highest BCUT2D eigenvalue weighted by atomic mass is 35.5. The van der Waals surface area contributed by atoms with E-state index in [1.54, 1.807) is 4.68 Å². The van der Waals surface area contributed by atoms with E-state index in [2.05, 4.69) is 15.3 Å². The Kier molecular flexibility index (Phi) is 3.76. The molecule has 4 rings (SSSR count). The van der Waals surface area contributed by atoms with Crippen molar-refractivity contribution >= 4 is 11.6 Å². The third-order valence-electron chi connectivity index (χ3n) is 4.17. The molecular weight excluding hydrogens is 326 g/mol. The lowest BCUT2D eigenvalue weighted by Crippen LogP contribution is -2.03. The monoisotopic (exact) mass is 343 g/mol. The molecule has 2 aromatic heterocycles. The standard InChI is InChI=1S/C17H18ClN5O/c1-3-24-15-7-6-13(10-14(15)18)23-11(2)16(20-21-23)22-9-8-19-17(22)12-4-5-12/h6-10,12H,3-5H2,1-2H3. The van der Waals surface area contributed by atoms with E-state index in [0.717, 1.165) is 23.0 Å². The van der Waals surface area contributed by atoms with Gasteiger partial charge in [-0.2, -0.15) is 0 Å². The van der Waals surface area contributed by atoms with Crippen molar-refractivity contribution in [2.45, 2.75) is 32.6 Å². The van der Waals surface area contributed by atoms with Crippen LogP contribution in [0.1, 0.15) is 37.2 Å². The fourth-order valence-electron chi connectivity index (χ4n) is 2.82. The van der Waals surface area contributed by atoms with E-state index in [4.69, 9.17) is 16.3 Å². The largest absolute Gasteiger partial charge is 0.492 e. The number of rotatable bonds is 5. The number of ether oxygens (including phenoxy) is 1. The van der Waals surface area contributed by atoms with Crippen LogP contribution in [0.3, 0.4) is 0 Å². The second-order valence-electron chi connectivity index (χ2n) is 5.89. The predicted octanol–water partition coefficient (Wildman–Crippen LogP) is 3.69. The van der Waals surface area contributed by atoms with Crippen LogP contribution in [0.5, 0.6) is 5.75 Å². The summed E-state index contributed by atoms with van der Waals surface area (Å²) >= 11 is 6.29. The normalized spacial score (nSPS) is 14.1. The fourth-order valence-corrected chi connectivity index (χ4v) is 3.05. The summed E-state index contributed by atoms with van der Waals surface area (Å²) < 4.78 is 9.30. The van der Waals surface area contributed by atoms with Gasteiger partial charge in [0.2, 0.25) is 0 Å². The zero-order valence-electron chi connectivity index (χ0n) is 13.6. The van der Waals surface area contributed by atoms with Crippen LogP contribution in [0.15, 0.2) is 30.6 Å². The molecule has 3 aromatic rings. The minimum atomic E-state index is 0.546. The Balaban J connectivity index is 1.72. The molecule has 1 fully saturated rings. The number of nitrogens with zero attached hydrogens (tertiary/aromatic N) is 5. The minimum absolute atomic E-state index is 0.546. The first-order valence-electron chi connectivity index (χ1n) is 8.07. The number of halogens is 1. The molecule has 6 nitrogen and oxygen atoms in total. The number of hydrogen-bond acceptors (Lipinski definition) is 4. The van der Waals surface area contributed by atoms with Crippen LogP contribution in [0.25, 0.3) is 11.5 Å². The van der Waals surface area contributed by atoms with Crippen molar-refractivity contribution in [2.75, 3.05) is 6.61 Å². The molecule has 0 bridgehead atoms. The van der Waals surface area contributed by atoms with Crippen LogP contribution >= 0.6 is 11.6 Å². The Bertz CT molecular complexity index is 881. The molecule has 0 N–H and O–H groups in total. The zero-order valence-corrected chi connectivity index (χ0v) is 14.4. The summed E-state index contributed by atoms with van der Waals surface area (Å²) in [5, 5.41) is 9.22. The van der Waals surface area contributed by atoms with Crippen LogP contribution in [-0.2, 0) is 0 Å². The Morgan fingerprint density at radius 3 is 2.88 bits per heavy atom. The average molecular weight is 344 g/mol.